The minimum absolute atomic E-state index is 0. The van der Waals surface area contributed by atoms with Gasteiger partial charge in [0, 0.05) is 19.1 Å². The highest BCUT2D eigenvalue weighted by Gasteiger charge is 2.32. The molecule has 0 radical (unpaired) electrons. The predicted molar refractivity (Wildman–Crippen MR) is 67.7 cm³/mol. The molecule has 0 bridgehead atoms. The molecule has 1 aromatic rings. The van der Waals surface area contributed by atoms with Crippen molar-refractivity contribution in [2.45, 2.75) is 23.6 Å². The van der Waals surface area contributed by atoms with E-state index in [9.17, 15) is 8.42 Å². The van der Waals surface area contributed by atoms with Gasteiger partial charge in [-0.1, -0.05) is 0 Å². The smallest absolute Gasteiger partial charge is 0.252 e. The van der Waals surface area contributed by atoms with Crippen molar-refractivity contribution < 1.29 is 8.42 Å². The maximum Gasteiger partial charge on any atom is 0.252 e. The van der Waals surface area contributed by atoms with Crippen LogP contribution in [0.4, 0.5) is 0 Å². The van der Waals surface area contributed by atoms with Crippen molar-refractivity contribution in [1.82, 2.24) is 4.31 Å². The predicted octanol–water partition coefficient (Wildman–Crippen LogP) is 1.20. The van der Waals surface area contributed by atoms with Crippen LogP contribution in [0.15, 0.2) is 15.7 Å². The lowest BCUT2D eigenvalue weighted by molar-refractivity contribution is 0.474. The Bertz CT molecular complexity index is 458. The number of halogens is 1. The highest BCUT2D eigenvalue weighted by molar-refractivity contribution is 7.91. The van der Waals surface area contributed by atoms with E-state index in [4.69, 9.17) is 5.73 Å². The number of nitrogens with zero attached hydrogens (tertiary/aromatic N) is 1. The number of nitrogens with two attached hydrogens (primary N) is 1. The second-order valence-electron chi connectivity index (χ2n) is 3.80. The quantitative estimate of drug-likeness (QED) is 0.887. The van der Waals surface area contributed by atoms with Gasteiger partial charge in [-0.15, -0.1) is 23.7 Å². The topological polar surface area (TPSA) is 63.4 Å². The van der Waals surface area contributed by atoms with Gasteiger partial charge in [-0.3, -0.25) is 0 Å². The third-order valence-corrected chi connectivity index (χ3v) is 6.11. The standard InChI is InChI=1S/C9H14N2O2S2.ClH/c1-7-3-5-14-9(7)15(12,13)11-4-2-8(10)6-11;/h3,5,8H,2,4,6,10H2,1H3;1H/t8-;/m1./s1. The molecule has 2 N–H and O–H groups in total. The SMILES string of the molecule is Cc1ccsc1S(=O)(=O)N1CC[C@@H](N)C1.Cl. The summed E-state index contributed by atoms with van der Waals surface area (Å²) >= 11 is 1.27. The van der Waals surface area contributed by atoms with Crippen LogP contribution in [-0.2, 0) is 10.0 Å². The Balaban J connectivity index is 0.00000128. The molecule has 1 saturated heterocycles. The van der Waals surface area contributed by atoms with E-state index in [0.29, 0.717) is 17.3 Å². The lowest BCUT2D eigenvalue weighted by atomic mass is 10.3. The largest absolute Gasteiger partial charge is 0.326 e. The summed E-state index contributed by atoms with van der Waals surface area (Å²) in [5.41, 5.74) is 6.53. The van der Waals surface area contributed by atoms with Crippen molar-refractivity contribution in [1.29, 1.82) is 0 Å². The Morgan fingerprint density at radius 2 is 2.25 bits per heavy atom. The summed E-state index contributed by atoms with van der Waals surface area (Å²) in [6.45, 7) is 2.81. The van der Waals surface area contributed by atoms with E-state index in [1.54, 1.807) is 5.38 Å². The monoisotopic (exact) mass is 282 g/mol. The van der Waals surface area contributed by atoms with Crippen molar-refractivity contribution in [3.8, 4) is 0 Å². The van der Waals surface area contributed by atoms with Crippen LogP contribution in [0.2, 0.25) is 0 Å². The summed E-state index contributed by atoms with van der Waals surface area (Å²) in [6.07, 6.45) is 0.754. The lowest BCUT2D eigenvalue weighted by Gasteiger charge is -2.15. The molecule has 2 rings (SSSR count). The van der Waals surface area contributed by atoms with Crippen molar-refractivity contribution in [2.75, 3.05) is 13.1 Å². The maximum atomic E-state index is 12.1. The fraction of sp³-hybridized carbons (Fsp3) is 0.556. The zero-order chi connectivity index (χ0) is 11.1. The zero-order valence-corrected chi connectivity index (χ0v) is 11.4. The molecular weight excluding hydrogens is 268 g/mol. The van der Waals surface area contributed by atoms with Gasteiger partial charge in [-0.25, -0.2) is 8.42 Å². The Morgan fingerprint density at radius 1 is 1.56 bits per heavy atom. The molecule has 1 aliphatic heterocycles. The van der Waals surface area contributed by atoms with Gasteiger partial charge in [0.1, 0.15) is 4.21 Å². The number of thiophene rings is 1. The number of hydrogen-bond donors (Lipinski definition) is 1. The minimum Gasteiger partial charge on any atom is -0.326 e. The third-order valence-electron chi connectivity index (χ3n) is 2.58. The normalized spacial score (nSPS) is 22.0. The van der Waals surface area contributed by atoms with E-state index in [2.05, 4.69) is 0 Å². The molecule has 7 heteroatoms. The molecule has 0 aliphatic carbocycles. The van der Waals surface area contributed by atoms with Gasteiger partial charge in [0.05, 0.1) is 0 Å². The number of hydrogen-bond acceptors (Lipinski definition) is 4. The van der Waals surface area contributed by atoms with Crippen LogP contribution in [0.25, 0.3) is 0 Å². The van der Waals surface area contributed by atoms with Crippen LogP contribution in [-0.4, -0.2) is 31.9 Å². The van der Waals surface area contributed by atoms with E-state index < -0.39 is 10.0 Å². The Morgan fingerprint density at radius 3 is 2.69 bits per heavy atom. The molecule has 0 amide bonds. The summed E-state index contributed by atoms with van der Waals surface area (Å²) in [5.74, 6) is 0. The van der Waals surface area contributed by atoms with Crippen LogP contribution in [0, 0.1) is 6.92 Å². The van der Waals surface area contributed by atoms with E-state index in [1.807, 2.05) is 13.0 Å². The molecular formula is C9H15ClN2O2S2. The first-order chi connectivity index (χ1) is 7.01. The minimum atomic E-state index is -3.29. The van der Waals surface area contributed by atoms with Gasteiger partial charge < -0.3 is 5.73 Å². The van der Waals surface area contributed by atoms with Gasteiger partial charge >= 0.3 is 0 Å². The molecule has 1 aromatic heterocycles. The van der Waals surface area contributed by atoms with Gasteiger partial charge in [0.2, 0.25) is 0 Å². The first-order valence-electron chi connectivity index (χ1n) is 4.81. The first-order valence-corrected chi connectivity index (χ1v) is 7.13. The summed E-state index contributed by atoms with van der Waals surface area (Å²) in [4.78, 5) is 0. The van der Waals surface area contributed by atoms with Crippen molar-refractivity contribution >= 4 is 33.8 Å². The van der Waals surface area contributed by atoms with Crippen molar-refractivity contribution in [3.63, 3.8) is 0 Å². The molecule has 1 fully saturated rings. The van der Waals surface area contributed by atoms with Gasteiger partial charge in [-0.2, -0.15) is 4.31 Å². The highest BCUT2D eigenvalue weighted by Crippen LogP contribution is 2.27. The second kappa shape index (κ2) is 5.01. The van der Waals surface area contributed by atoms with Crippen molar-refractivity contribution in [3.05, 3.63) is 17.0 Å². The molecule has 0 spiro atoms. The molecule has 0 unspecified atom stereocenters. The van der Waals surface area contributed by atoms with Gasteiger partial charge in [-0.05, 0) is 30.4 Å². The lowest BCUT2D eigenvalue weighted by Crippen LogP contribution is -2.31. The number of sulfonamides is 1. The molecule has 0 saturated carbocycles. The molecule has 1 atom stereocenters. The zero-order valence-electron chi connectivity index (χ0n) is 8.92. The average molecular weight is 283 g/mol. The van der Waals surface area contributed by atoms with E-state index in [-0.39, 0.29) is 18.4 Å². The molecule has 4 nitrogen and oxygen atoms in total. The van der Waals surface area contributed by atoms with Crippen LogP contribution in [0.3, 0.4) is 0 Å². The maximum absolute atomic E-state index is 12.1. The Labute approximate surface area is 106 Å². The fourth-order valence-electron chi connectivity index (χ4n) is 1.71. The van der Waals surface area contributed by atoms with Crippen molar-refractivity contribution in [2.24, 2.45) is 5.73 Å². The van der Waals surface area contributed by atoms with Crippen LogP contribution in [0.1, 0.15) is 12.0 Å². The van der Waals surface area contributed by atoms with Crippen LogP contribution in [0.5, 0.6) is 0 Å². The van der Waals surface area contributed by atoms with Gasteiger partial charge in [0.15, 0.2) is 0 Å². The summed E-state index contributed by atoms with van der Waals surface area (Å²) in [6, 6.07) is 1.81. The van der Waals surface area contributed by atoms with E-state index >= 15 is 0 Å². The summed E-state index contributed by atoms with van der Waals surface area (Å²) < 4.78 is 26.2. The van der Waals surface area contributed by atoms with Crippen LogP contribution >= 0.6 is 23.7 Å². The second-order valence-corrected chi connectivity index (χ2v) is 6.85. The Kier molecular flexibility index (Phi) is 4.36. The molecule has 2 heterocycles. The Hall–Kier alpha value is -0.140. The van der Waals surface area contributed by atoms with Crippen LogP contribution < -0.4 is 5.73 Å². The van der Waals surface area contributed by atoms with E-state index in [1.165, 1.54) is 15.6 Å². The van der Waals surface area contributed by atoms with E-state index in [0.717, 1.165) is 12.0 Å². The highest BCUT2D eigenvalue weighted by atomic mass is 35.5. The average Bonchev–Trinajstić information content (AvgIpc) is 2.74. The van der Waals surface area contributed by atoms with Gasteiger partial charge in [0.25, 0.3) is 10.0 Å². The molecule has 16 heavy (non-hydrogen) atoms. The third kappa shape index (κ3) is 2.41. The summed E-state index contributed by atoms with van der Waals surface area (Å²) in [7, 11) is -3.29. The fourth-order valence-corrected chi connectivity index (χ4v) is 4.77. The first kappa shape index (κ1) is 13.9. The summed E-state index contributed by atoms with van der Waals surface area (Å²) in [5, 5.41) is 1.80. The number of aryl methyl sites for hydroxylation is 1. The molecule has 0 aromatic carbocycles. The molecule has 1 aliphatic rings. The molecule has 92 valence electrons. The number of rotatable bonds is 2.